The number of benzene rings is 1. The second-order valence-electron chi connectivity index (χ2n) is 4.28. The van der Waals surface area contributed by atoms with E-state index in [9.17, 15) is 10.1 Å². The van der Waals surface area contributed by atoms with E-state index in [-0.39, 0.29) is 11.9 Å². The van der Waals surface area contributed by atoms with Crippen molar-refractivity contribution >= 4 is 5.82 Å². The predicted molar refractivity (Wildman–Crippen MR) is 71.7 cm³/mol. The number of nitro groups is 1. The molecule has 0 fully saturated rings. The molecule has 0 aliphatic heterocycles. The number of aromatic nitrogens is 2. The minimum atomic E-state index is -0.490. The molecular formula is C13H16N4O2. The molecule has 19 heavy (non-hydrogen) atoms. The summed E-state index contributed by atoms with van der Waals surface area (Å²) >= 11 is 0. The molecule has 1 atom stereocenters. The molecule has 100 valence electrons. The SMILES string of the molecule is C[C@@H](NCCn1ccc([N+](=O)[O-])n1)c1ccccc1. The zero-order chi connectivity index (χ0) is 13.7. The Morgan fingerprint density at radius 1 is 1.37 bits per heavy atom. The lowest BCUT2D eigenvalue weighted by molar-refractivity contribution is -0.389. The number of hydrogen-bond acceptors (Lipinski definition) is 4. The number of hydrogen-bond donors (Lipinski definition) is 1. The van der Waals surface area contributed by atoms with Gasteiger partial charge in [-0.2, -0.15) is 4.68 Å². The lowest BCUT2D eigenvalue weighted by Gasteiger charge is -2.13. The van der Waals surface area contributed by atoms with E-state index in [1.807, 2.05) is 18.2 Å². The number of nitrogens with zero attached hydrogens (tertiary/aromatic N) is 3. The average Bonchev–Trinajstić information content (AvgIpc) is 2.89. The summed E-state index contributed by atoms with van der Waals surface area (Å²) in [7, 11) is 0. The maximum Gasteiger partial charge on any atom is 0.389 e. The summed E-state index contributed by atoms with van der Waals surface area (Å²) in [5, 5.41) is 17.7. The highest BCUT2D eigenvalue weighted by Gasteiger charge is 2.10. The number of nitrogens with one attached hydrogen (secondary N) is 1. The summed E-state index contributed by atoms with van der Waals surface area (Å²) in [6, 6.07) is 11.8. The summed E-state index contributed by atoms with van der Waals surface area (Å²) in [5.74, 6) is -0.115. The van der Waals surface area contributed by atoms with Gasteiger partial charge in [-0.1, -0.05) is 30.3 Å². The van der Waals surface area contributed by atoms with Gasteiger partial charge >= 0.3 is 5.82 Å². The van der Waals surface area contributed by atoms with E-state index in [4.69, 9.17) is 0 Å². The fraction of sp³-hybridized carbons (Fsp3) is 0.308. The van der Waals surface area contributed by atoms with Crippen molar-refractivity contribution in [2.45, 2.75) is 19.5 Å². The third kappa shape index (κ3) is 3.62. The Hall–Kier alpha value is -2.21. The molecule has 0 bridgehead atoms. The molecule has 0 aliphatic carbocycles. The van der Waals surface area contributed by atoms with Crippen molar-refractivity contribution in [2.24, 2.45) is 0 Å². The molecule has 0 aliphatic rings. The molecule has 1 aromatic heterocycles. The minimum Gasteiger partial charge on any atom is -0.358 e. The van der Waals surface area contributed by atoms with Crippen LogP contribution >= 0.6 is 0 Å². The molecule has 0 saturated carbocycles. The fourth-order valence-corrected chi connectivity index (χ4v) is 1.83. The normalized spacial score (nSPS) is 12.3. The van der Waals surface area contributed by atoms with Gasteiger partial charge in [-0.15, -0.1) is 0 Å². The van der Waals surface area contributed by atoms with Crippen LogP contribution in [0.4, 0.5) is 5.82 Å². The summed E-state index contributed by atoms with van der Waals surface area (Å²) in [5.41, 5.74) is 1.22. The Labute approximate surface area is 111 Å². The van der Waals surface area contributed by atoms with Gasteiger partial charge in [0.05, 0.1) is 23.9 Å². The first-order chi connectivity index (χ1) is 9.16. The molecule has 0 amide bonds. The van der Waals surface area contributed by atoms with Crippen LogP contribution in [0.2, 0.25) is 0 Å². The van der Waals surface area contributed by atoms with Gasteiger partial charge in [0.2, 0.25) is 0 Å². The van der Waals surface area contributed by atoms with Crippen molar-refractivity contribution in [3.05, 3.63) is 58.3 Å². The highest BCUT2D eigenvalue weighted by Crippen LogP contribution is 2.10. The van der Waals surface area contributed by atoms with Crippen molar-refractivity contribution in [3.8, 4) is 0 Å². The van der Waals surface area contributed by atoms with Gasteiger partial charge in [0, 0.05) is 12.6 Å². The molecule has 1 N–H and O–H groups in total. The first-order valence-corrected chi connectivity index (χ1v) is 6.13. The number of rotatable bonds is 6. The Kier molecular flexibility index (Phi) is 4.25. The van der Waals surface area contributed by atoms with Crippen LogP contribution < -0.4 is 5.32 Å². The van der Waals surface area contributed by atoms with Gasteiger partial charge in [-0.05, 0) is 17.4 Å². The maximum atomic E-state index is 10.5. The molecule has 0 radical (unpaired) electrons. The van der Waals surface area contributed by atoms with Crippen LogP contribution in [-0.2, 0) is 6.54 Å². The third-order valence-electron chi connectivity index (χ3n) is 2.90. The third-order valence-corrected chi connectivity index (χ3v) is 2.90. The van der Waals surface area contributed by atoms with E-state index in [1.54, 1.807) is 10.9 Å². The van der Waals surface area contributed by atoms with Crippen LogP contribution in [0.3, 0.4) is 0 Å². The molecule has 2 aromatic rings. The fourth-order valence-electron chi connectivity index (χ4n) is 1.83. The van der Waals surface area contributed by atoms with Crippen LogP contribution in [0, 0.1) is 10.1 Å². The van der Waals surface area contributed by atoms with Crippen molar-refractivity contribution in [3.63, 3.8) is 0 Å². The zero-order valence-corrected chi connectivity index (χ0v) is 10.7. The van der Waals surface area contributed by atoms with Crippen molar-refractivity contribution in [1.29, 1.82) is 0 Å². The predicted octanol–water partition coefficient (Wildman–Crippen LogP) is 2.14. The summed E-state index contributed by atoms with van der Waals surface area (Å²) < 4.78 is 1.57. The standard InChI is InChI=1S/C13H16N4O2/c1-11(12-5-3-2-4-6-12)14-8-10-16-9-7-13(15-16)17(18)19/h2-7,9,11,14H,8,10H2,1H3/t11-/m1/s1. The molecule has 0 unspecified atom stereocenters. The largest absolute Gasteiger partial charge is 0.389 e. The highest BCUT2D eigenvalue weighted by molar-refractivity contribution is 5.18. The second kappa shape index (κ2) is 6.10. The van der Waals surface area contributed by atoms with Gasteiger partial charge in [0.25, 0.3) is 0 Å². The van der Waals surface area contributed by atoms with E-state index in [0.717, 1.165) is 0 Å². The van der Waals surface area contributed by atoms with E-state index in [2.05, 4.69) is 29.5 Å². The quantitative estimate of drug-likeness (QED) is 0.638. The Morgan fingerprint density at radius 2 is 2.11 bits per heavy atom. The lowest BCUT2D eigenvalue weighted by atomic mass is 10.1. The lowest BCUT2D eigenvalue weighted by Crippen LogP contribution is -2.23. The van der Waals surface area contributed by atoms with Gasteiger partial charge in [-0.3, -0.25) is 0 Å². The monoisotopic (exact) mass is 260 g/mol. The van der Waals surface area contributed by atoms with Crippen LogP contribution in [0.25, 0.3) is 0 Å². The van der Waals surface area contributed by atoms with E-state index in [0.29, 0.717) is 13.1 Å². The zero-order valence-electron chi connectivity index (χ0n) is 10.7. The first-order valence-electron chi connectivity index (χ1n) is 6.13. The van der Waals surface area contributed by atoms with Crippen LogP contribution in [0.5, 0.6) is 0 Å². The van der Waals surface area contributed by atoms with Crippen molar-refractivity contribution in [2.75, 3.05) is 6.54 Å². The van der Waals surface area contributed by atoms with Crippen LogP contribution in [-0.4, -0.2) is 21.2 Å². The molecular weight excluding hydrogens is 244 g/mol. The van der Waals surface area contributed by atoms with Gasteiger partial charge in [0.15, 0.2) is 0 Å². The summed E-state index contributed by atoms with van der Waals surface area (Å²) in [4.78, 5) is 10.0. The molecule has 1 aromatic carbocycles. The second-order valence-corrected chi connectivity index (χ2v) is 4.28. The minimum absolute atomic E-state index is 0.115. The Bertz CT molecular complexity index is 539. The Morgan fingerprint density at radius 3 is 2.74 bits per heavy atom. The van der Waals surface area contributed by atoms with Crippen LogP contribution in [0.15, 0.2) is 42.6 Å². The topological polar surface area (TPSA) is 73.0 Å². The van der Waals surface area contributed by atoms with Crippen molar-refractivity contribution < 1.29 is 4.92 Å². The average molecular weight is 260 g/mol. The molecule has 0 spiro atoms. The Balaban J connectivity index is 1.81. The smallest absolute Gasteiger partial charge is 0.358 e. The van der Waals surface area contributed by atoms with E-state index in [1.165, 1.54) is 11.6 Å². The molecule has 1 heterocycles. The summed E-state index contributed by atoms with van der Waals surface area (Å²) in [6.45, 7) is 3.39. The molecule has 0 saturated heterocycles. The van der Waals surface area contributed by atoms with Crippen LogP contribution in [0.1, 0.15) is 18.5 Å². The molecule has 2 rings (SSSR count). The van der Waals surface area contributed by atoms with E-state index >= 15 is 0 Å². The first kappa shape index (κ1) is 13.2. The molecule has 6 heteroatoms. The highest BCUT2D eigenvalue weighted by atomic mass is 16.6. The maximum absolute atomic E-state index is 10.5. The van der Waals surface area contributed by atoms with Crippen molar-refractivity contribution in [1.82, 2.24) is 15.1 Å². The van der Waals surface area contributed by atoms with Gasteiger partial charge < -0.3 is 15.4 Å². The molecule has 6 nitrogen and oxygen atoms in total. The van der Waals surface area contributed by atoms with Gasteiger partial charge in [-0.25, -0.2) is 0 Å². The van der Waals surface area contributed by atoms with E-state index < -0.39 is 4.92 Å². The van der Waals surface area contributed by atoms with Gasteiger partial charge in [0.1, 0.15) is 0 Å². The summed E-state index contributed by atoms with van der Waals surface area (Å²) in [6.07, 6.45) is 1.62.